The Morgan fingerprint density at radius 3 is 2.06 bits per heavy atom. The molecule has 0 saturated heterocycles. The predicted molar refractivity (Wildman–Crippen MR) is 134 cm³/mol. The summed E-state index contributed by atoms with van der Waals surface area (Å²) in [6.07, 6.45) is 0. The first-order valence-corrected chi connectivity index (χ1v) is 10.7. The molecule has 150 valence electrons. The molecule has 0 aromatic heterocycles. The molecule has 0 heterocycles. The SMILES string of the molecule is Cc1ccc(-c2cccc3ccccc23)c(N(C)c2ccccc2-c2ccccc2)c1. The zero-order valence-electron chi connectivity index (χ0n) is 17.9. The van der Waals surface area contributed by atoms with Crippen molar-refractivity contribution in [2.45, 2.75) is 6.92 Å². The fraction of sp³-hybridized carbons (Fsp3) is 0.0667. The van der Waals surface area contributed by atoms with E-state index in [1.807, 2.05) is 0 Å². The first kappa shape index (κ1) is 19.1. The Morgan fingerprint density at radius 2 is 1.19 bits per heavy atom. The van der Waals surface area contributed by atoms with Crippen LogP contribution in [0.15, 0.2) is 115 Å². The summed E-state index contributed by atoms with van der Waals surface area (Å²) >= 11 is 0. The maximum Gasteiger partial charge on any atom is 0.0490 e. The van der Waals surface area contributed by atoms with E-state index in [9.17, 15) is 0 Å². The van der Waals surface area contributed by atoms with Crippen molar-refractivity contribution in [3.8, 4) is 22.3 Å². The van der Waals surface area contributed by atoms with Gasteiger partial charge < -0.3 is 4.90 Å². The average molecular weight is 400 g/mol. The molecule has 0 amide bonds. The molecule has 31 heavy (non-hydrogen) atoms. The van der Waals surface area contributed by atoms with E-state index in [0.717, 1.165) is 0 Å². The van der Waals surface area contributed by atoms with E-state index in [1.165, 1.54) is 50.0 Å². The van der Waals surface area contributed by atoms with Gasteiger partial charge in [0.2, 0.25) is 0 Å². The number of hydrogen-bond donors (Lipinski definition) is 0. The van der Waals surface area contributed by atoms with Crippen molar-refractivity contribution >= 4 is 22.1 Å². The van der Waals surface area contributed by atoms with Crippen LogP contribution in [0.5, 0.6) is 0 Å². The minimum Gasteiger partial charge on any atom is -0.344 e. The van der Waals surface area contributed by atoms with Crippen LogP contribution in [-0.2, 0) is 0 Å². The first-order valence-electron chi connectivity index (χ1n) is 10.7. The molecule has 0 radical (unpaired) electrons. The third-order valence-corrected chi connectivity index (χ3v) is 5.94. The molecular weight excluding hydrogens is 374 g/mol. The minimum absolute atomic E-state index is 1.20. The van der Waals surface area contributed by atoms with Crippen LogP contribution in [0.3, 0.4) is 0 Å². The van der Waals surface area contributed by atoms with E-state index in [0.29, 0.717) is 0 Å². The molecule has 0 aliphatic heterocycles. The molecule has 0 N–H and O–H groups in total. The third-order valence-electron chi connectivity index (χ3n) is 5.94. The van der Waals surface area contributed by atoms with Gasteiger partial charge in [0.1, 0.15) is 0 Å². The molecule has 1 heteroatoms. The lowest BCUT2D eigenvalue weighted by molar-refractivity contribution is 1.20. The summed E-state index contributed by atoms with van der Waals surface area (Å²) in [5.41, 5.74) is 8.62. The number of benzene rings is 5. The number of para-hydroxylation sites is 1. The quantitative estimate of drug-likeness (QED) is 0.294. The van der Waals surface area contributed by atoms with Gasteiger partial charge in [0, 0.05) is 29.5 Å². The number of anilines is 2. The lowest BCUT2D eigenvalue weighted by Crippen LogP contribution is -2.12. The van der Waals surface area contributed by atoms with Crippen LogP contribution in [-0.4, -0.2) is 7.05 Å². The summed E-state index contributed by atoms with van der Waals surface area (Å²) in [6.45, 7) is 2.16. The number of hydrogen-bond acceptors (Lipinski definition) is 1. The van der Waals surface area contributed by atoms with Crippen LogP contribution in [0.4, 0.5) is 11.4 Å². The van der Waals surface area contributed by atoms with E-state index in [2.05, 4.69) is 134 Å². The molecule has 0 aliphatic carbocycles. The van der Waals surface area contributed by atoms with Gasteiger partial charge in [-0.1, -0.05) is 103 Å². The van der Waals surface area contributed by atoms with Gasteiger partial charge in [-0.2, -0.15) is 0 Å². The van der Waals surface area contributed by atoms with Gasteiger partial charge in [-0.3, -0.25) is 0 Å². The topological polar surface area (TPSA) is 3.24 Å². The highest BCUT2D eigenvalue weighted by atomic mass is 15.1. The van der Waals surface area contributed by atoms with E-state index < -0.39 is 0 Å². The maximum atomic E-state index is 2.33. The molecule has 0 spiro atoms. The second-order valence-electron chi connectivity index (χ2n) is 7.99. The van der Waals surface area contributed by atoms with Crippen LogP contribution in [0.1, 0.15) is 5.56 Å². The molecule has 5 rings (SSSR count). The fourth-order valence-electron chi connectivity index (χ4n) is 4.36. The van der Waals surface area contributed by atoms with E-state index in [-0.39, 0.29) is 0 Å². The summed E-state index contributed by atoms with van der Waals surface area (Å²) in [6, 6.07) is 41.2. The van der Waals surface area contributed by atoms with Crippen LogP contribution in [0, 0.1) is 6.92 Å². The van der Waals surface area contributed by atoms with Gasteiger partial charge in [0.15, 0.2) is 0 Å². The second kappa shape index (κ2) is 8.12. The Labute approximate surface area is 184 Å². The smallest absolute Gasteiger partial charge is 0.0490 e. The molecule has 0 fully saturated rings. The van der Waals surface area contributed by atoms with E-state index in [4.69, 9.17) is 0 Å². The molecule has 1 nitrogen and oxygen atoms in total. The van der Waals surface area contributed by atoms with Crippen LogP contribution >= 0.6 is 0 Å². The highest BCUT2D eigenvalue weighted by molar-refractivity contribution is 6.00. The van der Waals surface area contributed by atoms with Crippen LogP contribution in [0.25, 0.3) is 33.0 Å². The van der Waals surface area contributed by atoms with Crippen LogP contribution in [0.2, 0.25) is 0 Å². The van der Waals surface area contributed by atoms with Crippen LogP contribution < -0.4 is 4.90 Å². The average Bonchev–Trinajstić information content (AvgIpc) is 2.84. The molecule has 5 aromatic carbocycles. The summed E-state index contributed by atoms with van der Waals surface area (Å²) in [5, 5.41) is 2.54. The maximum absolute atomic E-state index is 2.33. The Bertz CT molecular complexity index is 1350. The summed E-state index contributed by atoms with van der Waals surface area (Å²) in [5.74, 6) is 0. The molecule has 0 bridgehead atoms. The second-order valence-corrected chi connectivity index (χ2v) is 7.99. The lowest BCUT2D eigenvalue weighted by atomic mass is 9.95. The standard InChI is InChI=1S/C30H25N/c1-22-19-20-28(27-17-10-14-23-13-6-7-15-25(23)27)30(21-22)31(2)29-18-9-8-16-26(29)24-11-4-3-5-12-24/h3-21H,1-2H3. The minimum atomic E-state index is 1.20. The molecule has 0 unspecified atom stereocenters. The first-order chi connectivity index (χ1) is 15.2. The molecular formula is C30H25N. The zero-order valence-corrected chi connectivity index (χ0v) is 17.9. The van der Waals surface area contributed by atoms with Gasteiger partial charge in [-0.25, -0.2) is 0 Å². The molecule has 0 aliphatic rings. The number of nitrogens with zero attached hydrogens (tertiary/aromatic N) is 1. The van der Waals surface area contributed by atoms with Gasteiger partial charge in [0.05, 0.1) is 0 Å². The Kier molecular flexibility index (Phi) is 5.01. The Balaban J connectivity index is 1.70. The van der Waals surface area contributed by atoms with E-state index in [1.54, 1.807) is 0 Å². The fourth-order valence-corrected chi connectivity index (χ4v) is 4.36. The monoisotopic (exact) mass is 399 g/mol. The summed E-state index contributed by atoms with van der Waals surface area (Å²) in [4.78, 5) is 2.33. The third kappa shape index (κ3) is 3.60. The highest BCUT2D eigenvalue weighted by Crippen LogP contribution is 2.41. The predicted octanol–water partition coefficient (Wildman–Crippen LogP) is 8.25. The van der Waals surface area contributed by atoms with Crippen molar-refractivity contribution < 1.29 is 0 Å². The van der Waals surface area contributed by atoms with Crippen molar-refractivity contribution in [1.29, 1.82) is 0 Å². The number of rotatable bonds is 4. The number of fused-ring (bicyclic) bond motifs is 1. The van der Waals surface area contributed by atoms with Gasteiger partial charge in [0.25, 0.3) is 0 Å². The highest BCUT2D eigenvalue weighted by Gasteiger charge is 2.16. The van der Waals surface area contributed by atoms with Gasteiger partial charge in [-0.15, -0.1) is 0 Å². The number of aryl methyl sites for hydroxylation is 1. The Hall–Kier alpha value is -3.84. The molecule has 0 saturated carbocycles. The largest absolute Gasteiger partial charge is 0.344 e. The zero-order chi connectivity index (χ0) is 21.2. The summed E-state index contributed by atoms with van der Waals surface area (Å²) in [7, 11) is 2.17. The molecule has 5 aromatic rings. The van der Waals surface area contributed by atoms with Gasteiger partial charge >= 0.3 is 0 Å². The van der Waals surface area contributed by atoms with Crippen molar-refractivity contribution in [2.75, 3.05) is 11.9 Å². The van der Waals surface area contributed by atoms with Crippen molar-refractivity contribution in [1.82, 2.24) is 0 Å². The van der Waals surface area contributed by atoms with Crippen molar-refractivity contribution in [3.05, 3.63) is 121 Å². The normalized spacial score (nSPS) is 10.9. The Morgan fingerprint density at radius 1 is 0.516 bits per heavy atom. The van der Waals surface area contributed by atoms with Crippen molar-refractivity contribution in [2.24, 2.45) is 0 Å². The lowest BCUT2D eigenvalue weighted by Gasteiger charge is -2.26. The van der Waals surface area contributed by atoms with E-state index >= 15 is 0 Å². The van der Waals surface area contributed by atoms with Crippen molar-refractivity contribution in [3.63, 3.8) is 0 Å². The molecule has 0 atom stereocenters. The summed E-state index contributed by atoms with van der Waals surface area (Å²) < 4.78 is 0. The van der Waals surface area contributed by atoms with Gasteiger partial charge in [-0.05, 0) is 46.5 Å².